The molecule has 0 unspecified atom stereocenters. The number of amides is 2. The second-order valence-electron chi connectivity index (χ2n) is 10.5. The Labute approximate surface area is 226 Å². The van der Waals surface area contributed by atoms with Crippen LogP contribution in [0.25, 0.3) is 10.9 Å². The van der Waals surface area contributed by atoms with Crippen LogP contribution in [-0.4, -0.2) is 68.2 Å². The van der Waals surface area contributed by atoms with Crippen molar-refractivity contribution in [2.75, 3.05) is 19.6 Å². The summed E-state index contributed by atoms with van der Waals surface area (Å²) in [7, 11) is 0. The number of pyridine rings is 1. The number of aromatic nitrogens is 2. The summed E-state index contributed by atoms with van der Waals surface area (Å²) in [6, 6.07) is 21.3. The number of aromatic amines is 1. The summed E-state index contributed by atoms with van der Waals surface area (Å²) in [5.41, 5.74) is 5.17. The molecule has 0 spiro atoms. The van der Waals surface area contributed by atoms with Crippen molar-refractivity contribution in [1.82, 2.24) is 24.7 Å². The quantitative estimate of drug-likeness (QED) is 0.406. The van der Waals surface area contributed by atoms with E-state index in [0.29, 0.717) is 11.6 Å². The van der Waals surface area contributed by atoms with Crippen molar-refractivity contribution >= 4 is 34.3 Å². The lowest BCUT2D eigenvalue weighted by Crippen LogP contribution is -2.65. The molecule has 7 rings (SSSR count). The predicted octanol–water partition coefficient (Wildman–Crippen LogP) is 4.18. The summed E-state index contributed by atoms with van der Waals surface area (Å²) in [6.45, 7) is 2.65. The number of nitrogens with one attached hydrogen (secondary N) is 1. The molecule has 3 aliphatic rings. The summed E-state index contributed by atoms with van der Waals surface area (Å²) >= 11 is 6.09. The SMILES string of the molecule is O=C1[C@H]2Cc3c([nH]c4ccccc34)[C@@H](c3ccc(Cl)nc3)N2C(=O)CN1[C@@H]1CCN(Cc2ccccc2)C1. The van der Waals surface area contributed by atoms with Crippen molar-refractivity contribution in [2.45, 2.75) is 37.5 Å². The van der Waals surface area contributed by atoms with E-state index in [0.717, 1.165) is 53.8 Å². The van der Waals surface area contributed by atoms with E-state index in [4.69, 9.17) is 11.6 Å². The van der Waals surface area contributed by atoms with Crippen molar-refractivity contribution in [3.05, 3.63) is 100 Å². The predicted molar refractivity (Wildman–Crippen MR) is 146 cm³/mol. The molecule has 0 radical (unpaired) electrons. The van der Waals surface area contributed by atoms with E-state index >= 15 is 0 Å². The molecule has 2 saturated heterocycles. The highest BCUT2D eigenvalue weighted by molar-refractivity contribution is 6.29. The van der Waals surface area contributed by atoms with Gasteiger partial charge in [-0.3, -0.25) is 14.5 Å². The van der Waals surface area contributed by atoms with Crippen LogP contribution < -0.4 is 0 Å². The zero-order chi connectivity index (χ0) is 25.8. The highest BCUT2D eigenvalue weighted by Crippen LogP contribution is 2.43. The second-order valence-corrected chi connectivity index (χ2v) is 10.9. The number of hydrogen-bond donors (Lipinski definition) is 1. The van der Waals surface area contributed by atoms with Crippen LogP contribution in [0.2, 0.25) is 5.15 Å². The summed E-state index contributed by atoms with van der Waals surface area (Å²) < 4.78 is 0. The van der Waals surface area contributed by atoms with Crippen LogP contribution in [0.4, 0.5) is 0 Å². The minimum atomic E-state index is -0.549. The number of carbonyl (C=O) groups excluding carboxylic acids is 2. The number of carbonyl (C=O) groups is 2. The zero-order valence-corrected chi connectivity index (χ0v) is 21.6. The average molecular weight is 526 g/mol. The molecule has 4 aromatic rings. The lowest BCUT2D eigenvalue weighted by Gasteiger charge is -2.48. The molecular weight excluding hydrogens is 498 g/mol. The summed E-state index contributed by atoms with van der Waals surface area (Å²) in [5, 5.41) is 1.49. The Morgan fingerprint density at radius 1 is 1.00 bits per heavy atom. The summed E-state index contributed by atoms with van der Waals surface area (Å²) in [4.78, 5) is 41.8. The van der Waals surface area contributed by atoms with Crippen LogP contribution >= 0.6 is 11.6 Å². The van der Waals surface area contributed by atoms with Gasteiger partial charge in [0.2, 0.25) is 11.8 Å². The Morgan fingerprint density at radius 3 is 2.63 bits per heavy atom. The molecular formula is C30H28ClN5O2. The number of nitrogens with zero attached hydrogens (tertiary/aromatic N) is 4. The van der Waals surface area contributed by atoms with Crippen LogP contribution in [0.15, 0.2) is 72.9 Å². The van der Waals surface area contributed by atoms with E-state index in [9.17, 15) is 9.59 Å². The van der Waals surface area contributed by atoms with E-state index < -0.39 is 12.1 Å². The summed E-state index contributed by atoms with van der Waals surface area (Å²) in [5.74, 6) is 0.0133. The first-order chi connectivity index (χ1) is 18.6. The molecule has 0 aliphatic carbocycles. The van der Waals surface area contributed by atoms with Crippen molar-refractivity contribution in [3.63, 3.8) is 0 Å². The highest BCUT2D eigenvalue weighted by atomic mass is 35.5. The number of benzene rings is 2. The molecule has 2 aromatic carbocycles. The second kappa shape index (κ2) is 9.26. The minimum absolute atomic E-state index is 0.0274. The van der Waals surface area contributed by atoms with Gasteiger partial charge in [0, 0.05) is 54.9 Å². The molecule has 38 heavy (non-hydrogen) atoms. The molecule has 2 amide bonds. The van der Waals surface area contributed by atoms with E-state index in [2.05, 4.69) is 45.2 Å². The number of H-pyrrole nitrogens is 1. The fourth-order valence-electron chi connectivity index (χ4n) is 6.54. The van der Waals surface area contributed by atoms with E-state index in [1.807, 2.05) is 35.2 Å². The number of fused-ring (bicyclic) bond motifs is 4. The summed E-state index contributed by atoms with van der Waals surface area (Å²) in [6.07, 6.45) is 3.09. The Morgan fingerprint density at radius 2 is 1.82 bits per heavy atom. The van der Waals surface area contributed by atoms with Gasteiger partial charge < -0.3 is 14.8 Å². The van der Waals surface area contributed by atoms with Crippen molar-refractivity contribution < 1.29 is 9.59 Å². The van der Waals surface area contributed by atoms with Gasteiger partial charge in [-0.2, -0.15) is 0 Å². The molecule has 2 fully saturated rings. The van der Waals surface area contributed by atoms with Gasteiger partial charge >= 0.3 is 0 Å². The molecule has 192 valence electrons. The number of likely N-dealkylation sites (tertiary alicyclic amines) is 1. The minimum Gasteiger partial charge on any atom is -0.356 e. The number of piperazine rings is 1. The van der Waals surface area contributed by atoms with Gasteiger partial charge in [-0.15, -0.1) is 0 Å². The van der Waals surface area contributed by atoms with E-state index in [-0.39, 0.29) is 24.4 Å². The standard InChI is InChI=1S/C30H28ClN5O2/c31-26-11-10-20(15-32-26)29-28-23(22-8-4-5-9-24(22)33-28)14-25-30(38)35(18-27(37)36(25)29)21-12-13-34(17-21)16-19-6-2-1-3-7-19/h1-11,15,21,25,29,33H,12-14,16-18H2/t21-,25-,29-/m1/s1. The fraction of sp³-hybridized carbons (Fsp3) is 0.300. The monoisotopic (exact) mass is 525 g/mol. The lowest BCUT2D eigenvalue weighted by atomic mass is 9.86. The van der Waals surface area contributed by atoms with Gasteiger partial charge in [-0.1, -0.05) is 66.2 Å². The van der Waals surface area contributed by atoms with E-state index in [1.54, 1.807) is 17.2 Å². The van der Waals surface area contributed by atoms with Crippen molar-refractivity contribution in [3.8, 4) is 0 Å². The van der Waals surface area contributed by atoms with Crippen LogP contribution in [0, 0.1) is 0 Å². The van der Waals surface area contributed by atoms with Crippen molar-refractivity contribution in [1.29, 1.82) is 0 Å². The first-order valence-electron chi connectivity index (χ1n) is 13.2. The molecule has 2 aromatic heterocycles. The highest BCUT2D eigenvalue weighted by Gasteiger charge is 2.50. The van der Waals surface area contributed by atoms with Crippen LogP contribution in [0.5, 0.6) is 0 Å². The van der Waals surface area contributed by atoms with Crippen molar-refractivity contribution in [2.24, 2.45) is 0 Å². The molecule has 3 aliphatic heterocycles. The molecule has 0 bridgehead atoms. The van der Waals surface area contributed by atoms with Crippen LogP contribution in [-0.2, 0) is 22.6 Å². The Balaban J connectivity index is 1.22. The molecule has 8 heteroatoms. The number of halogens is 1. The maximum Gasteiger partial charge on any atom is 0.246 e. The number of rotatable bonds is 4. The third kappa shape index (κ3) is 3.89. The van der Waals surface area contributed by atoms with Gasteiger partial charge in [0.1, 0.15) is 17.7 Å². The third-order valence-electron chi connectivity index (χ3n) is 8.30. The topological polar surface area (TPSA) is 72.5 Å². The average Bonchev–Trinajstić information content (AvgIpc) is 3.55. The van der Waals surface area contributed by atoms with Crippen LogP contribution in [0.1, 0.15) is 34.8 Å². The van der Waals surface area contributed by atoms with E-state index in [1.165, 1.54) is 5.56 Å². The molecule has 3 atom stereocenters. The van der Waals surface area contributed by atoms with Gasteiger partial charge in [-0.05, 0) is 35.2 Å². The Hall–Kier alpha value is -3.68. The number of hydrogen-bond acceptors (Lipinski definition) is 4. The molecule has 0 saturated carbocycles. The van der Waals surface area contributed by atoms with Gasteiger partial charge in [0.15, 0.2) is 0 Å². The molecule has 7 nitrogen and oxygen atoms in total. The van der Waals surface area contributed by atoms with Gasteiger partial charge in [0.05, 0.1) is 6.04 Å². The fourth-order valence-corrected chi connectivity index (χ4v) is 6.65. The lowest BCUT2D eigenvalue weighted by molar-refractivity contribution is -0.160. The van der Waals surface area contributed by atoms with Gasteiger partial charge in [-0.25, -0.2) is 4.98 Å². The smallest absolute Gasteiger partial charge is 0.246 e. The Bertz CT molecular complexity index is 1520. The normalized spacial score (nSPS) is 23.7. The largest absolute Gasteiger partial charge is 0.356 e. The first-order valence-corrected chi connectivity index (χ1v) is 13.5. The third-order valence-corrected chi connectivity index (χ3v) is 8.52. The van der Waals surface area contributed by atoms with Gasteiger partial charge in [0.25, 0.3) is 0 Å². The van der Waals surface area contributed by atoms with Crippen LogP contribution in [0.3, 0.4) is 0 Å². The maximum atomic E-state index is 14.1. The zero-order valence-electron chi connectivity index (χ0n) is 20.9. The molecule has 5 heterocycles. The molecule has 1 N–H and O–H groups in total. The number of para-hydroxylation sites is 1. The Kier molecular flexibility index (Phi) is 5.71. The first kappa shape index (κ1) is 23.4. The maximum absolute atomic E-state index is 14.1.